The van der Waals surface area contributed by atoms with E-state index in [1.165, 1.54) is 16.9 Å². The Labute approximate surface area is 146 Å². The van der Waals surface area contributed by atoms with Gasteiger partial charge in [0.2, 0.25) is 10.0 Å². The zero-order valence-electron chi connectivity index (χ0n) is 12.7. The van der Waals surface area contributed by atoms with Crippen molar-refractivity contribution in [2.45, 2.75) is 11.4 Å². The van der Waals surface area contributed by atoms with Gasteiger partial charge in [0, 0.05) is 24.7 Å². The highest BCUT2D eigenvalue weighted by Gasteiger charge is 2.19. The van der Waals surface area contributed by atoms with E-state index in [9.17, 15) is 13.2 Å². The number of sulfonamides is 1. The van der Waals surface area contributed by atoms with E-state index in [-0.39, 0.29) is 29.1 Å². The molecule has 10 heteroatoms. The number of nitrogens with zero attached hydrogens (tertiary/aromatic N) is 3. The Balaban J connectivity index is 1.55. The quantitative estimate of drug-likeness (QED) is 0.567. The van der Waals surface area contributed by atoms with Gasteiger partial charge >= 0.3 is 0 Å². The summed E-state index contributed by atoms with van der Waals surface area (Å²) in [4.78, 5) is 12.3. The predicted molar refractivity (Wildman–Crippen MR) is 93.1 cm³/mol. The van der Waals surface area contributed by atoms with Gasteiger partial charge in [0.05, 0.1) is 18.0 Å². The van der Waals surface area contributed by atoms with Gasteiger partial charge in [-0.3, -0.25) is 4.79 Å². The van der Waals surface area contributed by atoms with Crippen LogP contribution in [0.15, 0.2) is 56.9 Å². The Bertz CT molecular complexity index is 1220. The molecule has 128 valence electrons. The number of fused-ring (bicyclic) bond motifs is 2. The summed E-state index contributed by atoms with van der Waals surface area (Å²) in [6.07, 6.45) is 3.06. The molecular formula is C15H12N4O4S2. The van der Waals surface area contributed by atoms with Crippen molar-refractivity contribution in [3.8, 4) is 0 Å². The molecule has 0 aliphatic carbocycles. The maximum atomic E-state index is 12.5. The van der Waals surface area contributed by atoms with Crippen LogP contribution >= 0.6 is 11.7 Å². The molecule has 0 bridgehead atoms. The van der Waals surface area contributed by atoms with Gasteiger partial charge in [-0.1, -0.05) is 6.07 Å². The lowest BCUT2D eigenvalue weighted by molar-refractivity contribution is 0.567. The minimum atomic E-state index is -3.76. The first-order valence-corrected chi connectivity index (χ1v) is 9.55. The summed E-state index contributed by atoms with van der Waals surface area (Å²) in [7, 11) is -3.76. The highest BCUT2D eigenvalue weighted by atomic mass is 32.2. The van der Waals surface area contributed by atoms with Crippen LogP contribution in [0.25, 0.3) is 22.0 Å². The summed E-state index contributed by atoms with van der Waals surface area (Å²) in [5.74, 6) is 0. The second-order valence-corrected chi connectivity index (χ2v) is 7.57. The number of rotatable bonds is 5. The Morgan fingerprint density at radius 3 is 2.96 bits per heavy atom. The van der Waals surface area contributed by atoms with Gasteiger partial charge in [-0.25, -0.2) is 13.1 Å². The first-order chi connectivity index (χ1) is 12.1. The highest BCUT2D eigenvalue weighted by Crippen LogP contribution is 2.20. The number of hydrogen-bond acceptors (Lipinski definition) is 7. The summed E-state index contributed by atoms with van der Waals surface area (Å²) < 4.78 is 42.2. The standard InChI is InChI=1S/C15H12N4O4S2/c20-15-14-10(5-9-23-14)4-7-19(15)8-6-16-25(21,22)12-3-1-2-11-13(12)18-24-17-11/h1-5,7,9,16H,6,8H2. The molecule has 0 saturated heterocycles. The summed E-state index contributed by atoms with van der Waals surface area (Å²) in [6, 6.07) is 8.25. The van der Waals surface area contributed by atoms with Crippen LogP contribution < -0.4 is 10.3 Å². The van der Waals surface area contributed by atoms with Crippen LogP contribution in [0, 0.1) is 0 Å². The van der Waals surface area contributed by atoms with Gasteiger partial charge in [0.15, 0.2) is 5.58 Å². The van der Waals surface area contributed by atoms with Crippen molar-refractivity contribution in [2.24, 2.45) is 0 Å². The molecular weight excluding hydrogens is 364 g/mol. The molecule has 4 rings (SSSR count). The lowest BCUT2D eigenvalue weighted by Crippen LogP contribution is -2.30. The van der Waals surface area contributed by atoms with E-state index in [4.69, 9.17) is 4.42 Å². The smallest absolute Gasteiger partial charge is 0.294 e. The summed E-state index contributed by atoms with van der Waals surface area (Å²) >= 11 is 0.960. The fraction of sp³-hybridized carbons (Fsp3) is 0.133. The number of pyridine rings is 1. The molecule has 25 heavy (non-hydrogen) atoms. The maximum Gasteiger partial charge on any atom is 0.294 e. The van der Waals surface area contributed by atoms with Gasteiger partial charge in [0.1, 0.15) is 15.9 Å². The van der Waals surface area contributed by atoms with Crippen LogP contribution in [0.2, 0.25) is 0 Å². The second-order valence-electron chi connectivity index (χ2n) is 5.31. The van der Waals surface area contributed by atoms with Gasteiger partial charge in [-0.2, -0.15) is 8.75 Å². The topological polar surface area (TPSA) is 107 Å². The Morgan fingerprint density at radius 1 is 1.20 bits per heavy atom. The molecule has 0 aliphatic rings. The van der Waals surface area contributed by atoms with Crippen LogP contribution in [-0.4, -0.2) is 28.3 Å². The molecule has 0 saturated carbocycles. The molecule has 0 fully saturated rings. The van der Waals surface area contributed by atoms with Crippen molar-refractivity contribution in [1.29, 1.82) is 0 Å². The van der Waals surface area contributed by atoms with Gasteiger partial charge in [0.25, 0.3) is 5.56 Å². The van der Waals surface area contributed by atoms with Crippen LogP contribution in [0.5, 0.6) is 0 Å². The fourth-order valence-electron chi connectivity index (χ4n) is 2.55. The number of furan rings is 1. The largest absolute Gasteiger partial charge is 0.459 e. The van der Waals surface area contributed by atoms with Crippen LogP contribution in [0.1, 0.15) is 0 Å². The van der Waals surface area contributed by atoms with E-state index < -0.39 is 10.0 Å². The van der Waals surface area contributed by atoms with Crippen molar-refractivity contribution in [2.75, 3.05) is 6.54 Å². The monoisotopic (exact) mass is 376 g/mol. The number of nitrogens with one attached hydrogen (secondary N) is 1. The molecule has 0 spiro atoms. The minimum absolute atomic E-state index is 0.0579. The van der Waals surface area contributed by atoms with Gasteiger partial charge in [-0.15, -0.1) is 0 Å². The SMILES string of the molecule is O=c1c2occc2ccn1CCNS(=O)(=O)c1cccc2nsnc12. The van der Waals surface area contributed by atoms with Crippen LogP contribution in [0.3, 0.4) is 0 Å². The van der Waals surface area contributed by atoms with E-state index in [0.717, 1.165) is 11.7 Å². The Kier molecular flexibility index (Phi) is 3.86. The molecule has 1 aromatic carbocycles. The normalized spacial score (nSPS) is 12.2. The van der Waals surface area contributed by atoms with E-state index in [1.807, 2.05) is 0 Å². The van der Waals surface area contributed by atoms with E-state index in [2.05, 4.69) is 13.5 Å². The van der Waals surface area contributed by atoms with Gasteiger partial charge < -0.3 is 8.98 Å². The zero-order chi connectivity index (χ0) is 17.4. The van der Waals surface area contributed by atoms with Crippen molar-refractivity contribution in [1.82, 2.24) is 18.0 Å². The maximum absolute atomic E-state index is 12.5. The molecule has 3 heterocycles. The third kappa shape index (κ3) is 2.84. The van der Waals surface area contributed by atoms with Crippen LogP contribution in [0.4, 0.5) is 0 Å². The molecule has 3 aromatic heterocycles. The average Bonchev–Trinajstić information content (AvgIpc) is 3.25. The molecule has 0 unspecified atom stereocenters. The number of aromatic nitrogens is 3. The Hall–Kier alpha value is -2.56. The first-order valence-electron chi connectivity index (χ1n) is 7.34. The fourth-order valence-corrected chi connectivity index (χ4v) is 4.33. The van der Waals surface area contributed by atoms with Crippen LogP contribution in [-0.2, 0) is 16.6 Å². The zero-order valence-corrected chi connectivity index (χ0v) is 14.4. The molecule has 0 atom stereocenters. The average molecular weight is 376 g/mol. The number of benzene rings is 1. The summed E-state index contributed by atoms with van der Waals surface area (Å²) in [6.45, 7) is 0.238. The Morgan fingerprint density at radius 2 is 2.08 bits per heavy atom. The first kappa shape index (κ1) is 15.9. The molecule has 1 N–H and O–H groups in total. The molecule has 0 radical (unpaired) electrons. The summed E-state index contributed by atoms with van der Waals surface area (Å²) in [5.41, 5.74) is 0.831. The number of hydrogen-bond donors (Lipinski definition) is 1. The van der Waals surface area contributed by atoms with Crippen molar-refractivity contribution in [3.05, 3.63) is 53.1 Å². The molecule has 0 aliphatic heterocycles. The predicted octanol–water partition coefficient (Wildman–Crippen LogP) is 1.58. The lowest BCUT2D eigenvalue weighted by Gasteiger charge is -2.08. The van der Waals surface area contributed by atoms with E-state index >= 15 is 0 Å². The third-order valence-corrected chi connectivity index (χ3v) is 5.80. The molecule has 4 aromatic rings. The third-order valence-electron chi connectivity index (χ3n) is 3.77. The van der Waals surface area contributed by atoms with Crippen molar-refractivity contribution in [3.63, 3.8) is 0 Å². The van der Waals surface area contributed by atoms with E-state index in [1.54, 1.807) is 30.5 Å². The molecule has 8 nitrogen and oxygen atoms in total. The minimum Gasteiger partial charge on any atom is -0.459 e. The lowest BCUT2D eigenvalue weighted by atomic mass is 10.3. The van der Waals surface area contributed by atoms with Gasteiger partial charge in [-0.05, 0) is 24.3 Å². The molecule has 0 amide bonds. The highest BCUT2D eigenvalue weighted by molar-refractivity contribution is 7.89. The van der Waals surface area contributed by atoms with Crippen molar-refractivity contribution >= 4 is 43.8 Å². The van der Waals surface area contributed by atoms with E-state index in [0.29, 0.717) is 16.4 Å². The van der Waals surface area contributed by atoms with Crippen molar-refractivity contribution < 1.29 is 12.8 Å². The summed E-state index contributed by atoms with van der Waals surface area (Å²) in [5, 5.41) is 0.713. The second kappa shape index (κ2) is 6.06.